The van der Waals surface area contributed by atoms with E-state index in [1.807, 2.05) is 35.7 Å². The second kappa shape index (κ2) is 7.59. The minimum Gasteiger partial charge on any atom is -0.306 e. The monoisotopic (exact) mass is 385 g/mol. The molecule has 4 rings (SSSR count). The van der Waals surface area contributed by atoms with E-state index in [-0.39, 0.29) is 5.91 Å². The maximum atomic E-state index is 12.3. The average molecular weight is 386 g/mol. The summed E-state index contributed by atoms with van der Waals surface area (Å²) >= 11 is 2.86. The van der Waals surface area contributed by atoms with Gasteiger partial charge in [0.2, 0.25) is 5.91 Å². The SMILES string of the molecule is CCn1c(SCC(=O)Nc2nc(-c3ccccc3)cs2)nnc1C1CC1. The molecular formula is C18H19N5OS2. The smallest absolute Gasteiger partial charge is 0.236 e. The van der Waals surface area contributed by atoms with Crippen LogP contribution in [0.4, 0.5) is 5.13 Å². The molecule has 0 atom stereocenters. The van der Waals surface area contributed by atoms with E-state index in [4.69, 9.17) is 0 Å². The third-order valence-corrected chi connectivity index (χ3v) is 5.88. The number of thiazole rings is 1. The van der Waals surface area contributed by atoms with Gasteiger partial charge >= 0.3 is 0 Å². The highest BCUT2D eigenvalue weighted by atomic mass is 32.2. The Bertz CT molecular complexity index is 901. The molecule has 3 aromatic rings. The Labute approximate surface area is 160 Å². The molecule has 1 aromatic carbocycles. The third kappa shape index (κ3) is 3.81. The van der Waals surface area contributed by atoms with Gasteiger partial charge in [0, 0.05) is 23.4 Å². The van der Waals surface area contributed by atoms with Gasteiger partial charge in [-0.15, -0.1) is 21.5 Å². The van der Waals surface area contributed by atoms with Crippen molar-refractivity contribution in [2.45, 2.75) is 37.4 Å². The fraction of sp³-hybridized carbons (Fsp3) is 0.333. The number of nitrogens with one attached hydrogen (secondary N) is 1. The summed E-state index contributed by atoms with van der Waals surface area (Å²) in [5.41, 5.74) is 1.92. The number of rotatable bonds is 7. The number of carbonyl (C=O) groups is 1. The van der Waals surface area contributed by atoms with Gasteiger partial charge < -0.3 is 9.88 Å². The minimum absolute atomic E-state index is 0.0809. The molecule has 1 N–H and O–H groups in total. The lowest BCUT2D eigenvalue weighted by atomic mass is 10.2. The number of thioether (sulfide) groups is 1. The van der Waals surface area contributed by atoms with Crippen molar-refractivity contribution in [3.05, 3.63) is 41.5 Å². The van der Waals surface area contributed by atoms with Gasteiger partial charge in [-0.05, 0) is 19.8 Å². The Balaban J connectivity index is 1.35. The van der Waals surface area contributed by atoms with Gasteiger partial charge in [0.25, 0.3) is 0 Å². The number of hydrogen-bond donors (Lipinski definition) is 1. The summed E-state index contributed by atoms with van der Waals surface area (Å²) in [7, 11) is 0. The zero-order valence-corrected chi connectivity index (χ0v) is 16.0. The van der Waals surface area contributed by atoms with Gasteiger partial charge in [-0.25, -0.2) is 4.98 Å². The number of benzene rings is 1. The molecule has 1 saturated carbocycles. The summed E-state index contributed by atoms with van der Waals surface area (Å²) in [6.07, 6.45) is 2.38. The van der Waals surface area contributed by atoms with Gasteiger partial charge in [-0.2, -0.15) is 0 Å². The predicted octanol–water partition coefficient (Wildman–Crippen LogP) is 4.03. The van der Waals surface area contributed by atoms with Crippen molar-refractivity contribution in [1.29, 1.82) is 0 Å². The summed E-state index contributed by atoms with van der Waals surface area (Å²) in [6.45, 7) is 2.91. The Kier molecular flexibility index (Phi) is 5.03. The lowest BCUT2D eigenvalue weighted by molar-refractivity contribution is -0.113. The summed E-state index contributed by atoms with van der Waals surface area (Å²) < 4.78 is 2.12. The molecule has 1 fully saturated rings. The first-order valence-corrected chi connectivity index (χ1v) is 10.5. The van der Waals surface area contributed by atoms with E-state index in [1.165, 1.54) is 35.9 Å². The van der Waals surface area contributed by atoms with Crippen LogP contribution in [0.5, 0.6) is 0 Å². The van der Waals surface area contributed by atoms with Crippen LogP contribution in [-0.2, 0) is 11.3 Å². The van der Waals surface area contributed by atoms with Crippen LogP contribution in [0.2, 0.25) is 0 Å². The molecule has 0 saturated heterocycles. The van der Waals surface area contributed by atoms with Crippen LogP contribution in [-0.4, -0.2) is 31.4 Å². The molecule has 0 unspecified atom stereocenters. The molecule has 1 aliphatic carbocycles. The first-order chi connectivity index (χ1) is 12.7. The Morgan fingerprint density at radius 2 is 2.12 bits per heavy atom. The number of amides is 1. The highest BCUT2D eigenvalue weighted by molar-refractivity contribution is 7.99. The summed E-state index contributed by atoms with van der Waals surface area (Å²) in [6, 6.07) is 9.93. The summed E-state index contributed by atoms with van der Waals surface area (Å²) in [5.74, 6) is 1.83. The summed E-state index contributed by atoms with van der Waals surface area (Å²) in [4.78, 5) is 16.8. The maximum Gasteiger partial charge on any atom is 0.236 e. The van der Waals surface area contributed by atoms with Crippen LogP contribution in [0, 0.1) is 0 Å². The van der Waals surface area contributed by atoms with Gasteiger partial charge in [0.15, 0.2) is 10.3 Å². The van der Waals surface area contributed by atoms with Crippen LogP contribution in [0.15, 0.2) is 40.9 Å². The molecule has 2 heterocycles. The van der Waals surface area contributed by atoms with E-state index in [0.717, 1.165) is 28.8 Å². The Morgan fingerprint density at radius 3 is 2.85 bits per heavy atom. The van der Waals surface area contributed by atoms with Crippen molar-refractivity contribution in [3.63, 3.8) is 0 Å². The van der Waals surface area contributed by atoms with E-state index >= 15 is 0 Å². The zero-order chi connectivity index (χ0) is 17.9. The largest absolute Gasteiger partial charge is 0.306 e. The van der Waals surface area contributed by atoms with E-state index in [9.17, 15) is 4.79 Å². The molecule has 0 radical (unpaired) electrons. The number of anilines is 1. The van der Waals surface area contributed by atoms with Crippen LogP contribution < -0.4 is 5.32 Å². The molecule has 2 aromatic heterocycles. The first-order valence-electron chi connectivity index (χ1n) is 8.61. The highest BCUT2D eigenvalue weighted by Gasteiger charge is 2.30. The molecule has 1 aliphatic rings. The molecule has 0 aliphatic heterocycles. The molecule has 26 heavy (non-hydrogen) atoms. The fourth-order valence-electron chi connectivity index (χ4n) is 2.71. The van der Waals surface area contributed by atoms with Crippen LogP contribution in [0.1, 0.15) is 31.5 Å². The molecular weight excluding hydrogens is 366 g/mol. The standard InChI is InChI=1S/C18H19N5OS2/c1-2-23-16(13-8-9-13)21-22-18(23)26-11-15(24)20-17-19-14(10-25-17)12-6-4-3-5-7-12/h3-7,10,13H,2,8-9,11H2,1H3,(H,19,20,24). The van der Waals surface area contributed by atoms with E-state index in [2.05, 4.69) is 32.0 Å². The Hall–Kier alpha value is -2.19. The Morgan fingerprint density at radius 1 is 1.31 bits per heavy atom. The third-order valence-electron chi connectivity index (χ3n) is 4.16. The molecule has 8 heteroatoms. The van der Waals surface area contributed by atoms with Crippen molar-refractivity contribution in [2.24, 2.45) is 0 Å². The van der Waals surface area contributed by atoms with Gasteiger partial charge in [0.05, 0.1) is 11.4 Å². The molecule has 1 amide bonds. The van der Waals surface area contributed by atoms with E-state index < -0.39 is 0 Å². The number of hydrogen-bond acceptors (Lipinski definition) is 6. The minimum atomic E-state index is -0.0809. The lowest BCUT2D eigenvalue weighted by Gasteiger charge is -2.06. The maximum absolute atomic E-state index is 12.3. The van der Waals surface area contributed by atoms with Crippen molar-refractivity contribution in [1.82, 2.24) is 19.7 Å². The van der Waals surface area contributed by atoms with Gasteiger partial charge in [-0.3, -0.25) is 4.79 Å². The number of nitrogens with zero attached hydrogens (tertiary/aromatic N) is 4. The quantitative estimate of drug-likeness (QED) is 0.622. The molecule has 0 bridgehead atoms. The zero-order valence-electron chi connectivity index (χ0n) is 14.4. The second-order valence-corrected chi connectivity index (χ2v) is 7.90. The van der Waals surface area contributed by atoms with Gasteiger partial charge in [0.1, 0.15) is 5.82 Å². The molecule has 6 nitrogen and oxygen atoms in total. The first kappa shape index (κ1) is 17.2. The lowest BCUT2D eigenvalue weighted by Crippen LogP contribution is -2.14. The molecule has 134 valence electrons. The second-order valence-electron chi connectivity index (χ2n) is 6.10. The summed E-state index contributed by atoms with van der Waals surface area (Å²) in [5, 5.41) is 14.8. The van der Waals surface area contributed by atoms with Crippen LogP contribution >= 0.6 is 23.1 Å². The van der Waals surface area contributed by atoms with Crippen molar-refractivity contribution < 1.29 is 4.79 Å². The van der Waals surface area contributed by atoms with E-state index in [0.29, 0.717) is 16.8 Å². The van der Waals surface area contributed by atoms with E-state index in [1.54, 1.807) is 0 Å². The van der Waals surface area contributed by atoms with Crippen molar-refractivity contribution in [3.8, 4) is 11.3 Å². The van der Waals surface area contributed by atoms with Gasteiger partial charge in [-0.1, -0.05) is 42.1 Å². The van der Waals surface area contributed by atoms with Crippen molar-refractivity contribution in [2.75, 3.05) is 11.1 Å². The highest BCUT2D eigenvalue weighted by Crippen LogP contribution is 2.40. The van der Waals surface area contributed by atoms with Crippen LogP contribution in [0.3, 0.4) is 0 Å². The normalized spacial score (nSPS) is 13.7. The topological polar surface area (TPSA) is 72.7 Å². The molecule has 0 spiro atoms. The fourth-order valence-corrected chi connectivity index (χ4v) is 4.25. The van der Waals surface area contributed by atoms with Crippen LogP contribution in [0.25, 0.3) is 11.3 Å². The average Bonchev–Trinajstić information content (AvgIpc) is 3.26. The number of carbonyl (C=O) groups excluding carboxylic acids is 1. The predicted molar refractivity (Wildman–Crippen MR) is 105 cm³/mol. The van der Waals surface area contributed by atoms with Crippen molar-refractivity contribution >= 4 is 34.1 Å². The number of aromatic nitrogens is 4.